The number of nitrogens with one attached hydrogen (secondary N) is 1. The normalized spacial score (nSPS) is 23.9. The molecule has 2 saturated heterocycles. The predicted octanol–water partition coefficient (Wildman–Crippen LogP) is 1.28. The summed E-state index contributed by atoms with van der Waals surface area (Å²) in [7, 11) is 3.59. The second-order valence-corrected chi connectivity index (χ2v) is 7.17. The average Bonchev–Trinajstić information content (AvgIpc) is 3.06. The molecule has 0 saturated carbocycles. The standard InChI is InChI=1S/C18H36N4O2/c1-16-4-8-21(9-5-16)11-7-20-18(19-2)22-10-6-17(14-22)15-24-13-12-23-3/h16-17H,4-15H2,1-3H3,(H,19,20). The van der Waals surface area contributed by atoms with Crippen molar-refractivity contribution in [1.29, 1.82) is 0 Å². The second kappa shape index (κ2) is 10.9. The molecule has 0 aliphatic carbocycles. The van der Waals surface area contributed by atoms with Gasteiger partial charge in [0.1, 0.15) is 0 Å². The fourth-order valence-corrected chi connectivity index (χ4v) is 3.50. The predicted molar refractivity (Wildman–Crippen MR) is 98.6 cm³/mol. The highest BCUT2D eigenvalue weighted by Gasteiger charge is 2.25. The van der Waals surface area contributed by atoms with E-state index < -0.39 is 0 Å². The molecule has 6 heteroatoms. The Hall–Kier alpha value is -0.850. The van der Waals surface area contributed by atoms with Crippen molar-refractivity contribution in [2.24, 2.45) is 16.8 Å². The first-order valence-electron chi connectivity index (χ1n) is 9.47. The summed E-state index contributed by atoms with van der Waals surface area (Å²) in [5.74, 6) is 2.54. The molecule has 0 bridgehead atoms. The first-order chi connectivity index (χ1) is 11.7. The van der Waals surface area contributed by atoms with Gasteiger partial charge in [-0.3, -0.25) is 4.99 Å². The molecule has 2 aliphatic heterocycles. The van der Waals surface area contributed by atoms with Crippen LogP contribution in [0, 0.1) is 11.8 Å². The third-order valence-electron chi connectivity index (χ3n) is 5.17. The highest BCUT2D eigenvalue weighted by Crippen LogP contribution is 2.17. The first kappa shape index (κ1) is 19.5. The number of ether oxygens (including phenoxy) is 2. The van der Waals surface area contributed by atoms with E-state index in [9.17, 15) is 0 Å². The van der Waals surface area contributed by atoms with Crippen molar-refractivity contribution in [3.05, 3.63) is 0 Å². The van der Waals surface area contributed by atoms with Gasteiger partial charge in [0.2, 0.25) is 0 Å². The molecule has 2 fully saturated rings. The molecule has 0 aromatic heterocycles. The molecule has 1 N–H and O–H groups in total. The number of methoxy groups -OCH3 is 1. The van der Waals surface area contributed by atoms with Crippen molar-refractivity contribution in [3.8, 4) is 0 Å². The summed E-state index contributed by atoms with van der Waals surface area (Å²) in [5.41, 5.74) is 0. The lowest BCUT2D eigenvalue weighted by molar-refractivity contribution is 0.0536. The smallest absolute Gasteiger partial charge is 0.193 e. The second-order valence-electron chi connectivity index (χ2n) is 7.17. The molecular weight excluding hydrogens is 304 g/mol. The molecule has 0 radical (unpaired) electrons. The van der Waals surface area contributed by atoms with E-state index in [-0.39, 0.29) is 0 Å². The van der Waals surface area contributed by atoms with Gasteiger partial charge in [0.05, 0.1) is 19.8 Å². The number of hydrogen-bond acceptors (Lipinski definition) is 4. The fraction of sp³-hybridized carbons (Fsp3) is 0.944. The maximum atomic E-state index is 5.67. The number of hydrogen-bond donors (Lipinski definition) is 1. The topological polar surface area (TPSA) is 49.3 Å². The van der Waals surface area contributed by atoms with Crippen LogP contribution in [-0.4, -0.2) is 89.0 Å². The molecule has 0 amide bonds. The van der Waals surface area contributed by atoms with E-state index in [0.717, 1.165) is 44.7 Å². The van der Waals surface area contributed by atoms with Gasteiger partial charge in [0, 0.05) is 46.3 Å². The Morgan fingerprint density at radius 1 is 1.17 bits per heavy atom. The van der Waals surface area contributed by atoms with Gasteiger partial charge < -0.3 is 24.6 Å². The number of guanidine groups is 1. The highest BCUT2D eigenvalue weighted by atomic mass is 16.5. The Labute approximate surface area is 147 Å². The van der Waals surface area contributed by atoms with E-state index >= 15 is 0 Å². The molecule has 24 heavy (non-hydrogen) atoms. The van der Waals surface area contributed by atoms with E-state index in [1.807, 2.05) is 7.05 Å². The number of likely N-dealkylation sites (tertiary alicyclic amines) is 2. The average molecular weight is 341 g/mol. The van der Waals surface area contributed by atoms with E-state index in [1.54, 1.807) is 7.11 Å². The summed E-state index contributed by atoms with van der Waals surface area (Å²) in [6.45, 7) is 11.2. The van der Waals surface area contributed by atoms with Crippen LogP contribution in [-0.2, 0) is 9.47 Å². The van der Waals surface area contributed by atoms with Crippen LogP contribution in [0.5, 0.6) is 0 Å². The van der Waals surface area contributed by atoms with Crippen LogP contribution in [0.1, 0.15) is 26.2 Å². The maximum Gasteiger partial charge on any atom is 0.193 e. The van der Waals surface area contributed by atoms with E-state index in [4.69, 9.17) is 9.47 Å². The van der Waals surface area contributed by atoms with Crippen molar-refractivity contribution in [2.45, 2.75) is 26.2 Å². The fourth-order valence-electron chi connectivity index (χ4n) is 3.50. The van der Waals surface area contributed by atoms with Gasteiger partial charge in [-0.15, -0.1) is 0 Å². The minimum absolute atomic E-state index is 0.601. The number of aliphatic imine (C=N–C) groups is 1. The lowest BCUT2D eigenvalue weighted by Crippen LogP contribution is -2.44. The van der Waals surface area contributed by atoms with Crippen LogP contribution in [0.4, 0.5) is 0 Å². The summed E-state index contributed by atoms with van der Waals surface area (Å²) >= 11 is 0. The minimum atomic E-state index is 0.601. The van der Waals surface area contributed by atoms with Crippen LogP contribution in [0.25, 0.3) is 0 Å². The van der Waals surface area contributed by atoms with Crippen molar-refractivity contribution in [1.82, 2.24) is 15.1 Å². The molecule has 0 spiro atoms. The quantitative estimate of drug-likeness (QED) is 0.410. The van der Waals surface area contributed by atoms with Crippen LogP contribution in [0.3, 0.4) is 0 Å². The van der Waals surface area contributed by atoms with Crippen molar-refractivity contribution >= 4 is 5.96 Å². The molecule has 2 rings (SSSR count). The van der Waals surface area contributed by atoms with Crippen molar-refractivity contribution in [3.63, 3.8) is 0 Å². The molecule has 140 valence electrons. The van der Waals surface area contributed by atoms with Gasteiger partial charge >= 0.3 is 0 Å². The maximum absolute atomic E-state index is 5.67. The zero-order chi connectivity index (χ0) is 17.2. The summed E-state index contributed by atoms with van der Waals surface area (Å²) in [6, 6.07) is 0. The van der Waals surface area contributed by atoms with Crippen LogP contribution in [0.15, 0.2) is 4.99 Å². The van der Waals surface area contributed by atoms with Gasteiger partial charge in [0.15, 0.2) is 5.96 Å². The van der Waals surface area contributed by atoms with Gasteiger partial charge in [0.25, 0.3) is 0 Å². The minimum Gasteiger partial charge on any atom is -0.382 e. The zero-order valence-corrected chi connectivity index (χ0v) is 15.8. The van der Waals surface area contributed by atoms with Crippen LogP contribution in [0.2, 0.25) is 0 Å². The number of nitrogens with zero attached hydrogens (tertiary/aromatic N) is 3. The Morgan fingerprint density at radius 3 is 2.67 bits per heavy atom. The van der Waals surface area contributed by atoms with E-state index in [1.165, 1.54) is 32.4 Å². The van der Waals surface area contributed by atoms with Gasteiger partial charge in [-0.05, 0) is 38.3 Å². The monoisotopic (exact) mass is 340 g/mol. The first-order valence-corrected chi connectivity index (χ1v) is 9.47. The summed E-state index contributed by atoms with van der Waals surface area (Å²) in [6.07, 6.45) is 3.86. The Kier molecular flexibility index (Phi) is 8.84. The van der Waals surface area contributed by atoms with Crippen LogP contribution < -0.4 is 5.32 Å². The zero-order valence-electron chi connectivity index (χ0n) is 15.8. The SMILES string of the molecule is CN=C(NCCN1CCC(C)CC1)N1CCC(COCCOC)C1. The van der Waals surface area contributed by atoms with E-state index in [2.05, 4.69) is 27.0 Å². The molecule has 2 aliphatic rings. The van der Waals surface area contributed by atoms with E-state index in [0.29, 0.717) is 19.1 Å². The van der Waals surface area contributed by atoms with Crippen molar-refractivity contribution < 1.29 is 9.47 Å². The summed E-state index contributed by atoms with van der Waals surface area (Å²) in [5, 5.41) is 3.54. The molecule has 0 aromatic rings. The van der Waals surface area contributed by atoms with Crippen molar-refractivity contribution in [2.75, 3.05) is 73.2 Å². The molecule has 1 unspecified atom stereocenters. The lowest BCUT2D eigenvalue weighted by atomic mass is 9.99. The van der Waals surface area contributed by atoms with Gasteiger partial charge in [-0.25, -0.2) is 0 Å². The highest BCUT2D eigenvalue weighted by molar-refractivity contribution is 5.80. The number of piperidine rings is 1. The van der Waals surface area contributed by atoms with Crippen LogP contribution >= 0.6 is 0 Å². The molecular formula is C18H36N4O2. The Balaban J connectivity index is 1.61. The Morgan fingerprint density at radius 2 is 1.96 bits per heavy atom. The molecule has 2 heterocycles. The van der Waals surface area contributed by atoms with Gasteiger partial charge in [-0.2, -0.15) is 0 Å². The molecule has 0 aromatic carbocycles. The molecule has 1 atom stereocenters. The third-order valence-corrected chi connectivity index (χ3v) is 5.17. The van der Waals surface area contributed by atoms with Gasteiger partial charge in [-0.1, -0.05) is 6.92 Å². The Bertz CT molecular complexity index is 370. The number of rotatable bonds is 8. The molecule has 6 nitrogen and oxygen atoms in total. The summed E-state index contributed by atoms with van der Waals surface area (Å²) in [4.78, 5) is 9.39. The largest absolute Gasteiger partial charge is 0.382 e. The summed E-state index contributed by atoms with van der Waals surface area (Å²) < 4.78 is 10.7. The third kappa shape index (κ3) is 6.57. The lowest BCUT2D eigenvalue weighted by Gasteiger charge is -2.30.